The number of hydrogen-bond acceptors (Lipinski definition) is 2. The zero-order valence-corrected chi connectivity index (χ0v) is 7.82. The van der Waals surface area contributed by atoms with Gasteiger partial charge in [0.1, 0.15) is 0 Å². The van der Waals surface area contributed by atoms with Gasteiger partial charge in [-0.2, -0.15) is 26.3 Å². The number of carbonyl (C=O) groups excluding carboxylic acids is 1. The van der Waals surface area contributed by atoms with E-state index < -0.39 is 43.3 Å². The molecule has 1 rings (SSSR count). The molecule has 16 heavy (non-hydrogen) atoms. The lowest BCUT2D eigenvalue weighted by Gasteiger charge is -2.47. The van der Waals surface area contributed by atoms with Gasteiger partial charge in [-0.1, -0.05) is 0 Å². The molecule has 1 fully saturated rings. The third-order valence-electron chi connectivity index (χ3n) is 2.09. The standard InChI is InChI=1S/C7H8F6N2O/c8-6(9,10)1-5(14)2-15(3-5)4(16)7(11,12)13/h1-3,14H2. The molecular weight excluding hydrogens is 242 g/mol. The first-order valence-corrected chi connectivity index (χ1v) is 4.15. The lowest BCUT2D eigenvalue weighted by molar-refractivity contribution is -0.199. The van der Waals surface area contributed by atoms with Crippen LogP contribution in [0.15, 0.2) is 0 Å². The van der Waals surface area contributed by atoms with Crippen molar-refractivity contribution in [3.8, 4) is 0 Å². The molecule has 1 saturated heterocycles. The summed E-state index contributed by atoms with van der Waals surface area (Å²) in [7, 11) is 0. The molecule has 9 heteroatoms. The van der Waals surface area contributed by atoms with Crippen molar-refractivity contribution < 1.29 is 31.1 Å². The van der Waals surface area contributed by atoms with Crippen LogP contribution in [0.3, 0.4) is 0 Å². The average Bonchev–Trinajstić information content (AvgIpc) is 1.93. The summed E-state index contributed by atoms with van der Waals surface area (Å²) in [5.74, 6) is -2.16. The highest BCUT2D eigenvalue weighted by molar-refractivity contribution is 5.83. The number of alkyl halides is 6. The number of nitrogens with zero attached hydrogens (tertiary/aromatic N) is 1. The first-order valence-electron chi connectivity index (χ1n) is 4.15. The van der Waals surface area contributed by atoms with E-state index in [4.69, 9.17) is 5.73 Å². The van der Waals surface area contributed by atoms with Crippen LogP contribution in [-0.2, 0) is 4.79 Å². The van der Waals surface area contributed by atoms with Crippen LogP contribution in [0.2, 0.25) is 0 Å². The van der Waals surface area contributed by atoms with Gasteiger partial charge in [-0.15, -0.1) is 0 Å². The monoisotopic (exact) mass is 250 g/mol. The molecule has 0 aromatic heterocycles. The van der Waals surface area contributed by atoms with Gasteiger partial charge in [0.2, 0.25) is 0 Å². The predicted octanol–water partition coefficient (Wildman–Crippen LogP) is 1.04. The molecule has 0 atom stereocenters. The van der Waals surface area contributed by atoms with Crippen molar-refractivity contribution in [2.45, 2.75) is 24.3 Å². The van der Waals surface area contributed by atoms with Crippen molar-refractivity contribution >= 4 is 5.91 Å². The molecule has 94 valence electrons. The van der Waals surface area contributed by atoms with Crippen molar-refractivity contribution in [3.63, 3.8) is 0 Å². The van der Waals surface area contributed by atoms with Gasteiger partial charge < -0.3 is 10.6 Å². The zero-order valence-electron chi connectivity index (χ0n) is 7.82. The summed E-state index contributed by atoms with van der Waals surface area (Å²) in [5.41, 5.74) is 3.39. The first kappa shape index (κ1) is 13.1. The predicted molar refractivity (Wildman–Crippen MR) is 40.2 cm³/mol. The summed E-state index contributed by atoms with van der Waals surface area (Å²) >= 11 is 0. The fourth-order valence-corrected chi connectivity index (χ4v) is 1.55. The Labute approximate surface area is 86.2 Å². The van der Waals surface area contributed by atoms with E-state index in [1.165, 1.54) is 0 Å². The number of amides is 1. The van der Waals surface area contributed by atoms with Crippen molar-refractivity contribution in [2.75, 3.05) is 13.1 Å². The Morgan fingerprint density at radius 2 is 1.62 bits per heavy atom. The van der Waals surface area contributed by atoms with E-state index in [0.29, 0.717) is 0 Å². The van der Waals surface area contributed by atoms with Crippen molar-refractivity contribution in [3.05, 3.63) is 0 Å². The second-order valence-corrected chi connectivity index (χ2v) is 3.81. The summed E-state index contributed by atoms with van der Waals surface area (Å²) in [6.07, 6.45) is -11.0. The Kier molecular flexibility index (Phi) is 2.86. The number of nitrogens with two attached hydrogens (primary N) is 1. The molecule has 3 nitrogen and oxygen atoms in total. The molecular formula is C7H8F6N2O. The van der Waals surface area contributed by atoms with Gasteiger partial charge >= 0.3 is 18.3 Å². The highest BCUT2D eigenvalue weighted by Gasteiger charge is 2.54. The van der Waals surface area contributed by atoms with E-state index in [0.717, 1.165) is 0 Å². The van der Waals surface area contributed by atoms with Crippen LogP contribution >= 0.6 is 0 Å². The number of likely N-dealkylation sites (tertiary alicyclic amines) is 1. The molecule has 1 aliphatic rings. The minimum Gasteiger partial charge on any atom is -0.331 e. The van der Waals surface area contributed by atoms with E-state index in [1.807, 2.05) is 0 Å². The lowest BCUT2D eigenvalue weighted by atomic mass is 9.87. The van der Waals surface area contributed by atoms with Crippen LogP contribution < -0.4 is 5.73 Å². The normalized spacial score (nSPS) is 20.6. The largest absolute Gasteiger partial charge is 0.471 e. The second-order valence-electron chi connectivity index (χ2n) is 3.81. The van der Waals surface area contributed by atoms with Crippen LogP contribution in [0, 0.1) is 0 Å². The third-order valence-corrected chi connectivity index (χ3v) is 2.09. The van der Waals surface area contributed by atoms with Gasteiger partial charge in [0.15, 0.2) is 0 Å². The van der Waals surface area contributed by atoms with E-state index in [2.05, 4.69) is 0 Å². The van der Waals surface area contributed by atoms with Crippen LogP contribution in [0.5, 0.6) is 0 Å². The van der Waals surface area contributed by atoms with Crippen molar-refractivity contribution in [1.82, 2.24) is 4.90 Å². The van der Waals surface area contributed by atoms with Crippen molar-refractivity contribution in [1.29, 1.82) is 0 Å². The molecule has 0 aliphatic carbocycles. The number of carbonyl (C=O) groups is 1. The maximum absolute atomic E-state index is 11.9. The smallest absolute Gasteiger partial charge is 0.331 e. The molecule has 0 aromatic carbocycles. The third kappa shape index (κ3) is 3.00. The first-order chi connectivity index (χ1) is 6.93. The zero-order chi connectivity index (χ0) is 12.8. The molecule has 1 heterocycles. The quantitative estimate of drug-likeness (QED) is 0.707. The molecule has 0 aromatic rings. The molecule has 0 unspecified atom stereocenters. The van der Waals surface area contributed by atoms with Gasteiger partial charge in [-0.05, 0) is 0 Å². The van der Waals surface area contributed by atoms with Crippen molar-refractivity contribution in [2.24, 2.45) is 5.73 Å². The van der Waals surface area contributed by atoms with Crippen LogP contribution in [-0.4, -0.2) is 41.8 Å². The van der Waals surface area contributed by atoms with E-state index >= 15 is 0 Å². The van der Waals surface area contributed by atoms with Gasteiger partial charge in [0, 0.05) is 13.1 Å². The molecule has 0 saturated carbocycles. The molecule has 0 radical (unpaired) electrons. The summed E-state index contributed by atoms with van der Waals surface area (Å²) in [6.45, 7) is -1.46. The number of halogens is 6. The molecule has 2 N–H and O–H groups in total. The Morgan fingerprint density at radius 1 is 1.19 bits per heavy atom. The second kappa shape index (κ2) is 3.51. The van der Waals surface area contributed by atoms with Gasteiger partial charge in [0.05, 0.1) is 12.0 Å². The number of rotatable bonds is 1. The molecule has 1 amide bonds. The van der Waals surface area contributed by atoms with Crippen LogP contribution in [0.4, 0.5) is 26.3 Å². The highest BCUT2D eigenvalue weighted by Crippen LogP contribution is 2.34. The van der Waals surface area contributed by atoms with E-state index in [9.17, 15) is 31.1 Å². The van der Waals surface area contributed by atoms with Crippen LogP contribution in [0.25, 0.3) is 0 Å². The minimum absolute atomic E-state index is 0.256. The fraction of sp³-hybridized carbons (Fsp3) is 0.857. The molecule has 1 aliphatic heterocycles. The highest BCUT2D eigenvalue weighted by atomic mass is 19.4. The summed E-state index contributed by atoms with van der Waals surface area (Å²) in [4.78, 5) is 10.8. The van der Waals surface area contributed by atoms with E-state index in [-0.39, 0.29) is 4.90 Å². The Balaban J connectivity index is 2.52. The summed E-state index contributed by atoms with van der Waals surface area (Å²) in [6, 6.07) is 0. The fourth-order valence-electron chi connectivity index (χ4n) is 1.55. The Hall–Kier alpha value is -0.990. The molecule has 0 spiro atoms. The van der Waals surface area contributed by atoms with Gasteiger partial charge in [-0.25, -0.2) is 0 Å². The SMILES string of the molecule is NC1(CC(F)(F)F)CN(C(=O)C(F)(F)F)C1. The molecule has 0 bridgehead atoms. The number of hydrogen-bond donors (Lipinski definition) is 1. The van der Waals surface area contributed by atoms with E-state index in [1.54, 1.807) is 0 Å². The van der Waals surface area contributed by atoms with Gasteiger partial charge in [-0.3, -0.25) is 4.79 Å². The Morgan fingerprint density at radius 3 is 1.94 bits per heavy atom. The average molecular weight is 250 g/mol. The lowest BCUT2D eigenvalue weighted by Crippen LogP contribution is -2.71. The van der Waals surface area contributed by atoms with Crippen LogP contribution in [0.1, 0.15) is 6.42 Å². The summed E-state index contributed by atoms with van der Waals surface area (Å²) < 4.78 is 71.4. The topological polar surface area (TPSA) is 46.3 Å². The maximum Gasteiger partial charge on any atom is 0.471 e. The summed E-state index contributed by atoms with van der Waals surface area (Å²) in [5, 5.41) is 0. The maximum atomic E-state index is 11.9. The van der Waals surface area contributed by atoms with Gasteiger partial charge in [0.25, 0.3) is 0 Å². The Bertz CT molecular complexity index is 290. The minimum atomic E-state index is -5.07.